The molecule has 2 rings (SSSR count). The number of benzene rings is 1. The van der Waals surface area contributed by atoms with E-state index in [2.05, 4.69) is 17.9 Å². The molecule has 0 N–H and O–H groups in total. The van der Waals surface area contributed by atoms with Gasteiger partial charge in [-0.2, -0.15) is 5.26 Å². The lowest BCUT2D eigenvalue weighted by Crippen LogP contribution is -2.20. The topological polar surface area (TPSA) is 27.0 Å². The predicted octanol–water partition coefficient (Wildman–Crippen LogP) is 3.83. The van der Waals surface area contributed by atoms with E-state index < -0.39 is 0 Å². The second kappa shape index (κ2) is 6.22. The molecule has 1 aliphatic heterocycles. The average Bonchev–Trinajstić information content (AvgIpc) is 2.80. The molecular weight excluding hydrogens is 244 g/mol. The van der Waals surface area contributed by atoms with E-state index in [9.17, 15) is 0 Å². The lowest BCUT2D eigenvalue weighted by atomic mass is 10.0. The Morgan fingerprint density at radius 1 is 1.50 bits per heavy atom. The maximum atomic E-state index is 8.81. The highest BCUT2D eigenvalue weighted by molar-refractivity contribution is 6.31. The number of hydrogen-bond donors (Lipinski definition) is 0. The summed E-state index contributed by atoms with van der Waals surface area (Å²) in [7, 11) is 0. The number of hydrogen-bond acceptors (Lipinski definition) is 2. The fourth-order valence-corrected chi connectivity index (χ4v) is 2.93. The van der Waals surface area contributed by atoms with E-state index >= 15 is 0 Å². The van der Waals surface area contributed by atoms with E-state index in [0.29, 0.717) is 10.6 Å². The van der Waals surface area contributed by atoms with Gasteiger partial charge in [-0.1, -0.05) is 31.0 Å². The van der Waals surface area contributed by atoms with Crippen LogP contribution in [0.25, 0.3) is 0 Å². The van der Waals surface area contributed by atoms with Crippen LogP contribution in [0.15, 0.2) is 18.2 Å². The zero-order valence-corrected chi connectivity index (χ0v) is 11.6. The number of nitriles is 1. The maximum Gasteiger partial charge on any atom is 0.0992 e. The van der Waals surface area contributed by atoms with E-state index in [0.717, 1.165) is 18.0 Å². The van der Waals surface area contributed by atoms with Crippen LogP contribution >= 0.6 is 11.6 Å². The molecule has 0 saturated carbocycles. The maximum absolute atomic E-state index is 8.81. The SMILES string of the molecule is CCCC1CCN(Cc2ccc(C#N)cc2Cl)C1. The molecule has 1 aromatic carbocycles. The van der Waals surface area contributed by atoms with Crippen molar-refractivity contribution in [3.63, 3.8) is 0 Å². The van der Waals surface area contributed by atoms with Crippen molar-refractivity contribution in [2.75, 3.05) is 13.1 Å². The van der Waals surface area contributed by atoms with E-state index in [1.807, 2.05) is 12.1 Å². The van der Waals surface area contributed by atoms with Crippen molar-refractivity contribution in [3.8, 4) is 6.07 Å². The molecule has 3 heteroatoms. The summed E-state index contributed by atoms with van der Waals surface area (Å²) in [4.78, 5) is 2.47. The first-order valence-corrected chi connectivity index (χ1v) is 7.01. The minimum Gasteiger partial charge on any atom is -0.299 e. The Balaban J connectivity index is 1.96. The van der Waals surface area contributed by atoms with E-state index in [4.69, 9.17) is 16.9 Å². The van der Waals surface area contributed by atoms with Crippen molar-refractivity contribution in [1.82, 2.24) is 4.90 Å². The standard InChI is InChI=1S/C15H19ClN2/c1-2-3-12-6-7-18(10-12)11-14-5-4-13(9-17)8-15(14)16/h4-5,8,12H,2-3,6-7,10-11H2,1H3. The zero-order chi connectivity index (χ0) is 13.0. The first-order valence-electron chi connectivity index (χ1n) is 6.63. The summed E-state index contributed by atoms with van der Waals surface area (Å²) in [6, 6.07) is 7.70. The Morgan fingerprint density at radius 2 is 2.33 bits per heavy atom. The summed E-state index contributed by atoms with van der Waals surface area (Å²) in [5, 5.41) is 9.53. The molecule has 0 radical (unpaired) electrons. The van der Waals surface area contributed by atoms with Crippen LogP contribution < -0.4 is 0 Å². The monoisotopic (exact) mass is 262 g/mol. The number of nitrogens with zero attached hydrogens (tertiary/aromatic N) is 2. The van der Waals surface area contributed by atoms with Crippen molar-refractivity contribution in [2.24, 2.45) is 5.92 Å². The first kappa shape index (κ1) is 13.4. The van der Waals surface area contributed by atoms with Crippen LogP contribution in [0.2, 0.25) is 5.02 Å². The minimum atomic E-state index is 0.633. The van der Waals surface area contributed by atoms with Gasteiger partial charge in [0.1, 0.15) is 0 Å². The summed E-state index contributed by atoms with van der Waals surface area (Å²) < 4.78 is 0. The molecule has 1 aliphatic rings. The lowest BCUT2D eigenvalue weighted by molar-refractivity contribution is 0.313. The fourth-order valence-electron chi connectivity index (χ4n) is 2.69. The number of likely N-dealkylation sites (tertiary alicyclic amines) is 1. The summed E-state index contributed by atoms with van der Waals surface area (Å²) in [6.45, 7) is 5.51. The third-order valence-corrected chi connectivity index (χ3v) is 3.99. The average molecular weight is 263 g/mol. The van der Waals surface area contributed by atoms with E-state index in [1.165, 1.54) is 32.4 Å². The van der Waals surface area contributed by atoms with Crippen molar-refractivity contribution >= 4 is 11.6 Å². The molecule has 1 saturated heterocycles. The molecule has 1 unspecified atom stereocenters. The van der Waals surface area contributed by atoms with Crippen molar-refractivity contribution in [1.29, 1.82) is 5.26 Å². The Hall–Kier alpha value is -1.04. The summed E-state index contributed by atoms with van der Waals surface area (Å²) in [5.41, 5.74) is 1.77. The Labute approximate surface area is 114 Å². The molecule has 1 atom stereocenters. The smallest absolute Gasteiger partial charge is 0.0992 e. The summed E-state index contributed by atoms with van der Waals surface area (Å²) >= 11 is 6.21. The zero-order valence-electron chi connectivity index (χ0n) is 10.8. The van der Waals surface area contributed by atoms with Gasteiger partial charge in [-0.05, 0) is 43.0 Å². The van der Waals surface area contributed by atoms with Crippen LogP contribution in [-0.2, 0) is 6.54 Å². The van der Waals surface area contributed by atoms with Gasteiger partial charge in [0.2, 0.25) is 0 Å². The number of halogens is 1. The highest BCUT2D eigenvalue weighted by Gasteiger charge is 2.22. The van der Waals surface area contributed by atoms with Crippen LogP contribution in [0.5, 0.6) is 0 Å². The van der Waals surface area contributed by atoms with Crippen molar-refractivity contribution in [3.05, 3.63) is 34.3 Å². The molecule has 1 heterocycles. The second-order valence-corrected chi connectivity index (χ2v) is 5.50. The van der Waals surface area contributed by atoms with Gasteiger partial charge in [-0.25, -0.2) is 0 Å². The normalized spacial score (nSPS) is 19.9. The summed E-state index contributed by atoms with van der Waals surface area (Å²) in [6.07, 6.45) is 3.91. The van der Waals surface area contributed by atoms with E-state index in [-0.39, 0.29) is 0 Å². The minimum absolute atomic E-state index is 0.633. The molecule has 0 spiro atoms. The van der Waals surface area contributed by atoms with Gasteiger partial charge in [0.15, 0.2) is 0 Å². The third-order valence-electron chi connectivity index (χ3n) is 3.64. The van der Waals surface area contributed by atoms with Crippen LogP contribution in [-0.4, -0.2) is 18.0 Å². The molecule has 1 fully saturated rings. The van der Waals surface area contributed by atoms with Crippen LogP contribution in [0.3, 0.4) is 0 Å². The number of rotatable bonds is 4. The van der Waals surface area contributed by atoms with Crippen molar-refractivity contribution < 1.29 is 0 Å². The highest BCUT2D eigenvalue weighted by atomic mass is 35.5. The predicted molar refractivity (Wildman–Crippen MR) is 74.5 cm³/mol. The molecule has 96 valence electrons. The van der Waals surface area contributed by atoms with Crippen LogP contribution in [0.4, 0.5) is 0 Å². The van der Waals surface area contributed by atoms with Crippen LogP contribution in [0, 0.1) is 17.2 Å². The molecule has 0 aliphatic carbocycles. The van der Waals surface area contributed by atoms with Gasteiger partial charge < -0.3 is 0 Å². The molecular formula is C15H19ClN2. The Morgan fingerprint density at radius 3 is 3.00 bits per heavy atom. The Bertz CT molecular complexity index is 450. The molecule has 2 nitrogen and oxygen atoms in total. The lowest BCUT2D eigenvalue weighted by Gasteiger charge is -2.17. The molecule has 0 aromatic heterocycles. The molecule has 0 amide bonds. The van der Waals surface area contributed by atoms with Crippen LogP contribution in [0.1, 0.15) is 37.3 Å². The fraction of sp³-hybridized carbons (Fsp3) is 0.533. The summed E-state index contributed by atoms with van der Waals surface area (Å²) in [5.74, 6) is 0.854. The van der Waals surface area contributed by atoms with Gasteiger partial charge >= 0.3 is 0 Å². The molecule has 0 bridgehead atoms. The third kappa shape index (κ3) is 3.25. The Kier molecular flexibility index (Phi) is 4.63. The molecule has 18 heavy (non-hydrogen) atoms. The van der Waals surface area contributed by atoms with Gasteiger partial charge in [0.25, 0.3) is 0 Å². The van der Waals surface area contributed by atoms with Gasteiger partial charge in [0.05, 0.1) is 11.6 Å². The first-order chi connectivity index (χ1) is 8.72. The molecule has 1 aromatic rings. The van der Waals surface area contributed by atoms with E-state index in [1.54, 1.807) is 6.07 Å². The highest BCUT2D eigenvalue weighted by Crippen LogP contribution is 2.25. The van der Waals surface area contributed by atoms with Gasteiger partial charge in [-0.15, -0.1) is 0 Å². The largest absolute Gasteiger partial charge is 0.299 e. The van der Waals surface area contributed by atoms with Gasteiger partial charge in [0, 0.05) is 18.1 Å². The quantitative estimate of drug-likeness (QED) is 0.825. The van der Waals surface area contributed by atoms with Gasteiger partial charge in [-0.3, -0.25) is 4.90 Å². The van der Waals surface area contributed by atoms with Crippen molar-refractivity contribution in [2.45, 2.75) is 32.7 Å². The second-order valence-electron chi connectivity index (χ2n) is 5.10.